The van der Waals surface area contributed by atoms with E-state index in [0.717, 1.165) is 11.0 Å². The molecule has 3 nitrogen and oxygen atoms in total. The van der Waals surface area contributed by atoms with E-state index in [9.17, 15) is 4.39 Å². The summed E-state index contributed by atoms with van der Waals surface area (Å²) in [7, 11) is -0.456. The Hall–Kier alpha value is -1.20. The van der Waals surface area contributed by atoms with Crippen LogP contribution in [0.3, 0.4) is 0 Å². The first-order chi connectivity index (χ1) is 9.23. The lowest BCUT2D eigenvalue weighted by Gasteiger charge is -2.32. The summed E-state index contributed by atoms with van der Waals surface area (Å²) in [5, 5.41) is 0. The number of allylic oxidation sites excluding steroid dienone is 5. The van der Waals surface area contributed by atoms with Crippen LogP contribution in [-0.4, -0.2) is 24.0 Å². The molecule has 20 heavy (non-hydrogen) atoms. The summed E-state index contributed by atoms with van der Waals surface area (Å²) >= 11 is 0. The van der Waals surface area contributed by atoms with Gasteiger partial charge in [-0.15, -0.1) is 0 Å². The molecule has 1 atom stereocenters. The Morgan fingerprint density at radius 2 is 1.80 bits per heavy atom. The summed E-state index contributed by atoms with van der Waals surface area (Å²) in [6.45, 7) is 9.95. The number of rotatable bonds is 1. The summed E-state index contributed by atoms with van der Waals surface area (Å²) in [6, 6.07) is 0. The molecule has 1 fully saturated rings. The number of hydrogen-bond acceptors (Lipinski definition) is 3. The Morgan fingerprint density at radius 1 is 1.20 bits per heavy atom. The van der Waals surface area contributed by atoms with Crippen molar-refractivity contribution in [2.75, 3.05) is 0 Å². The summed E-state index contributed by atoms with van der Waals surface area (Å²) < 4.78 is 26.1. The third-order valence-electron chi connectivity index (χ3n) is 4.67. The van der Waals surface area contributed by atoms with Crippen molar-refractivity contribution in [3.63, 3.8) is 0 Å². The van der Waals surface area contributed by atoms with Gasteiger partial charge >= 0.3 is 7.12 Å². The lowest BCUT2D eigenvalue weighted by atomic mass is 9.65. The van der Waals surface area contributed by atoms with E-state index in [-0.39, 0.29) is 11.7 Å². The van der Waals surface area contributed by atoms with Crippen LogP contribution < -0.4 is 0 Å². The predicted octanol–water partition coefficient (Wildman–Crippen LogP) is 3.39. The molecule has 0 aromatic carbocycles. The van der Waals surface area contributed by atoms with Crippen LogP contribution >= 0.6 is 0 Å². The highest BCUT2D eigenvalue weighted by Gasteiger charge is 2.54. The minimum absolute atomic E-state index is 0.172. The molecule has 0 bridgehead atoms. The molecule has 5 heteroatoms. The van der Waals surface area contributed by atoms with Crippen molar-refractivity contribution in [1.29, 1.82) is 0 Å². The maximum Gasteiger partial charge on any atom is 0.491 e. The molecule has 106 valence electrons. The zero-order valence-corrected chi connectivity index (χ0v) is 12.5. The van der Waals surface area contributed by atoms with Gasteiger partial charge in [-0.1, -0.05) is 11.6 Å². The molecule has 1 saturated heterocycles. The Kier molecular flexibility index (Phi) is 2.86. The molecule has 0 radical (unpaired) electrons. The Bertz CT molecular complexity index is 571. The van der Waals surface area contributed by atoms with Crippen molar-refractivity contribution in [2.45, 2.75) is 45.8 Å². The number of halogens is 1. The normalized spacial score (nSPS) is 30.5. The molecule has 0 amide bonds. The van der Waals surface area contributed by atoms with Crippen LogP contribution in [0.15, 0.2) is 40.2 Å². The maximum atomic E-state index is 13.9. The lowest BCUT2D eigenvalue weighted by molar-refractivity contribution is 0.00578. The van der Waals surface area contributed by atoms with E-state index in [4.69, 9.17) is 9.31 Å². The van der Waals surface area contributed by atoms with Crippen molar-refractivity contribution in [1.82, 2.24) is 0 Å². The van der Waals surface area contributed by atoms with Crippen LogP contribution in [0.1, 0.15) is 34.6 Å². The zero-order chi connectivity index (χ0) is 14.7. The Labute approximate surface area is 119 Å². The molecule has 0 spiro atoms. The first-order valence-corrected chi connectivity index (χ1v) is 6.91. The molecule has 2 heterocycles. The van der Waals surface area contributed by atoms with Crippen LogP contribution in [0.4, 0.5) is 4.39 Å². The first-order valence-electron chi connectivity index (χ1n) is 6.91. The molecule has 0 aromatic heterocycles. The minimum atomic E-state index is -0.456. The van der Waals surface area contributed by atoms with Gasteiger partial charge in [0.25, 0.3) is 0 Å². The molecule has 3 rings (SSSR count). The topological polar surface area (TPSA) is 30.8 Å². The van der Waals surface area contributed by atoms with Gasteiger partial charge in [0.2, 0.25) is 0 Å². The van der Waals surface area contributed by atoms with Crippen LogP contribution in [0.25, 0.3) is 0 Å². The highest BCUT2D eigenvalue weighted by Crippen LogP contribution is 2.43. The first kappa shape index (κ1) is 13.8. The van der Waals surface area contributed by atoms with Crippen molar-refractivity contribution in [3.05, 3.63) is 35.2 Å². The zero-order valence-electron chi connectivity index (χ0n) is 12.5. The second-order valence-corrected chi connectivity index (χ2v) is 6.55. The van der Waals surface area contributed by atoms with Gasteiger partial charge in [-0.05, 0) is 46.2 Å². The third-order valence-corrected chi connectivity index (χ3v) is 4.67. The molecular formula is C15H19BFNO2. The maximum absolute atomic E-state index is 13.9. The molecule has 2 aliphatic heterocycles. The number of aliphatic imine (C=N–C) groups is 1. The molecule has 3 aliphatic rings. The summed E-state index contributed by atoms with van der Waals surface area (Å²) in [5.74, 6) is -0.438. The van der Waals surface area contributed by atoms with Crippen LogP contribution in [0.5, 0.6) is 0 Å². The second-order valence-electron chi connectivity index (χ2n) is 6.55. The molecule has 0 aromatic rings. The number of hydrogen-bond donors (Lipinski definition) is 0. The van der Waals surface area contributed by atoms with E-state index in [1.165, 1.54) is 6.08 Å². The highest BCUT2D eigenvalue weighted by molar-refractivity contribution is 6.56. The fourth-order valence-corrected chi connectivity index (χ4v) is 2.74. The molecular weight excluding hydrogens is 256 g/mol. The van der Waals surface area contributed by atoms with E-state index in [1.54, 1.807) is 6.20 Å². The van der Waals surface area contributed by atoms with Crippen molar-refractivity contribution in [3.8, 4) is 0 Å². The molecule has 0 N–H and O–H groups in total. The largest absolute Gasteiger partial charge is 0.491 e. The van der Waals surface area contributed by atoms with Crippen LogP contribution in [-0.2, 0) is 9.31 Å². The lowest BCUT2D eigenvalue weighted by Crippen LogP contribution is -2.41. The van der Waals surface area contributed by atoms with Gasteiger partial charge in [0.15, 0.2) is 0 Å². The second kappa shape index (κ2) is 4.15. The minimum Gasteiger partial charge on any atom is -0.400 e. The van der Waals surface area contributed by atoms with E-state index in [2.05, 4.69) is 4.99 Å². The van der Waals surface area contributed by atoms with E-state index >= 15 is 0 Å². The standard InChI is InChI=1S/C15H19BFNO2/c1-9-8-11(17)13-10(6-7-18-13)12(9)16-19-14(2,3)15(4,5)20-16/h6-8,10H,1-5H3/t10-/m1/s1. The predicted molar refractivity (Wildman–Crippen MR) is 78.0 cm³/mol. The van der Waals surface area contributed by atoms with Gasteiger partial charge in [-0.2, -0.15) is 0 Å². The van der Waals surface area contributed by atoms with E-state index in [0.29, 0.717) is 5.71 Å². The SMILES string of the molecule is CC1=C(B2OC(C)(C)C(C)(C)O2)[C@H]2C=CN=C2C(F)=C1. The molecule has 1 aliphatic carbocycles. The monoisotopic (exact) mass is 275 g/mol. The summed E-state index contributed by atoms with van der Waals surface area (Å²) in [5.41, 5.74) is 1.48. The average molecular weight is 275 g/mol. The van der Waals surface area contributed by atoms with Crippen LogP contribution in [0.2, 0.25) is 0 Å². The van der Waals surface area contributed by atoms with Gasteiger partial charge in [0.05, 0.1) is 16.9 Å². The van der Waals surface area contributed by atoms with Gasteiger partial charge in [-0.3, -0.25) is 4.99 Å². The van der Waals surface area contributed by atoms with E-state index < -0.39 is 18.3 Å². The fraction of sp³-hybridized carbons (Fsp3) is 0.533. The smallest absolute Gasteiger partial charge is 0.400 e. The summed E-state index contributed by atoms with van der Waals surface area (Å²) in [6.07, 6.45) is 5.06. The number of nitrogens with zero attached hydrogens (tertiary/aromatic N) is 1. The highest BCUT2D eigenvalue weighted by atomic mass is 19.1. The van der Waals surface area contributed by atoms with Crippen LogP contribution in [0, 0.1) is 5.92 Å². The summed E-state index contributed by atoms with van der Waals surface area (Å²) in [4.78, 5) is 4.12. The Balaban J connectivity index is 2.01. The van der Waals surface area contributed by atoms with Gasteiger partial charge in [0, 0.05) is 12.1 Å². The molecule has 0 unspecified atom stereocenters. The fourth-order valence-electron chi connectivity index (χ4n) is 2.74. The van der Waals surface area contributed by atoms with Crippen molar-refractivity contribution < 1.29 is 13.7 Å². The van der Waals surface area contributed by atoms with Gasteiger partial charge in [-0.25, -0.2) is 4.39 Å². The van der Waals surface area contributed by atoms with Gasteiger partial charge in [0.1, 0.15) is 5.83 Å². The average Bonchev–Trinajstić information content (AvgIpc) is 2.83. The van der Waals surface area contributed by atoms with Crippen molar-refractivity contribution in [2.24, 2.45) is 10.9 Å². The van der Waals surface area contributed by atoms with E-state index in [1.807, 2.05) is 40.7 Å². The van der Waals surface area contributed by atoms with Gasteiger partial charge < -0.3 is 9.31 Å². The quantitative estimate of drug-likeness (QED) is 0.687. The van der Waals surface area contributed by atoms with Crippen molar-refractivity contribution >= 4 is 12.8 Å². The third kappa shape index (κ3) is 1.84. The molecule has 0 saturated carbocycles. The number of fused-ring (bicyclic) bond motifs is 1. The Morgan fingerprint density at radius 3 is 2.40 bits per heavy atom.